The van der Waals surface area contributed by atoms with Crippen LogP contribution < -0.4 is 5.32 Å². The SMILES string of the molecule is O=C1c2ccccc2CCc2cc(Nc3ccc(F)cc3F)ccc21. The van der Waals surface area contributed by atoms with E-state index in [2.05, 4.69) is 5.32 Å². The molecule has 0 spiro atoms. The minimum absolute atomic E-state index is 0.0163. The minimum Gasteiger partial charge on any atom is -0.353 e. The lowest BCUT2D eigenvalue weighted by atomic mass is 9.98. The van der Waals surface area contributed by atoms with Crippen molar-refractivity contribution in [2.75, 3.05) is 5.32 Å². The molecule has 0 aliphatic heterocycles. The Bertz CT molecular complexity index is 981. The van der Waals surface area contributed by atoms with Gasteiger partial charge in [0.1, 0.15) is 11.6 Å². The number of carbonyl (C=O) groups is 1. The fourth-order valence-corrected chi connectivity index (χ4v) is 3.22. The maximum Gasteiger partial charge on any atom is 0.193 e. The van der Waals surface area contributed by atoms with Crippen LogP contribution in [0.15, 0.2) is 60.7 Å². The van der Waals surface area contributed by atoms with Crippen molar-refractivity contribution in [3.63, 3.8) is 0 Å². The van der Waals surface area contributed by atoms with Crippen molar-refractivity contribution >= 4 is 17.2 Å². The Balaban J connectivity index is 1.68. The van der Waals surface area contributed by atoms with Gasteiger partial charge in [-0.1, -0.05) is 24.3 Å². The monoisotopic (exact) mass is 335 g/mol. The Morgan fingerprint density at radius 3 is 2.40 bits per heavy atom. The third-order valence-corrected chi connectivity index (χ3v) is 4.49. The number of hydrogen-bond acceptors (Lipinski definition) is 2. The molecule has 0 saturated heterocycles. The Kier molecular flexibility index (Phi) is 3.80. The van der Waals surface area contributed by atoms with Gasteiger partial charge in [0.15, 0.2) is 5.78 Å². The van der Waals surface area contributed by atoms with Gasteiger partial charge >= 0.3 is 0 Å². The molecule has 0 fully saturated rings. The summed E-state index contributed by atoms with van der Waals surface area (Å²) in [4.78, 5) is 12.8. The van der Waals surface area contributed by atoms with E-state index in [-0.39, 0.29) is 11.5 Å². The van der Waals surface area contributed by atoms with E-state index >= 15 is 0 Å². The van der Waals surface area contributed by atoms with Gasteiger partial charge in [0, 0.05) is 22.9 Å². The average molecular weight is 335 g/mol. The van der Waals surface area contributed by atoms with E-state index < -0.39 is 11.6 Å². The lowest BCUT2D eigenvalue weighted by molar-refractivity contribution is 0.103. The lowest BCUT2D eigenvalue weighted by Gasteiger charge is -2.11. The van der Waals surface area contributed by atoms with Crippen LogP contribution in [0.3, 0.4) is 0 Å². The minimum atomic E-state index is -0.654. The zero-order valence-corrected chi connectivity index (χ0v) is 13.4. The third kappa shape index (κ3) is 2.91. The van der Waals surface area contributed by atoms with E-state index in [9.17, 15) is 13.6 Å². The Morgan fingerprint density at radius 1 is 0.800 bits per heavy atom. The number of carbonyl (C=O) groups excluding carboxylic acids is 1. The van der Waals surface area contributed by atoms with Crippen LogP contribution in [0.4, 0.5) is 20.2 Å². The first kappa shape index (κ1) is 15.5. The highest BCUT2D eigenvalue weighted by molar-refractivity contribution is 6.11. The highest BCUT2D eigenvalue weighted by Crippen LogP contribution is 2.28. The van der Waals surface area contributed by atoms with Crippen molar-refractivity contribution in [3.05, 3.63) is 94.6 Å². The molecule has 0 unspecified atom stereocenters. The molecule has 4 heteroatoms. The summed E-state index contributed by atoms with van der Waals surface area (Å²) < 4.78 is 26.8. The highest BCUT2D eigenvalue weighted by Gasteiger charge is 2.21. The second-order valence-electron chi connectivity index (χ2n) is 6.11. The summed E-state index contributed by atoms with van der Waals surface area (Å²) in [6.45, 7) is 0. The van der Waals surface area contributed by atoms with Gasteiger partial charge in [0.2, 0.25) is 0 Å². The zero-order chi connectivity index (χ0) is 17.4. The number of aryl methyl sites for hydroxylation is 2. The van der Waals surface area contributed by atoms with Gasteiger partial charge in [-0.25, -0.2) is 8.78 Å². The summed E-state index contributed by atoms with van der Waals surface area (Å²) in [6, 6.07) is 16.4. The van der Waals surface area contributed by atoms with Crippen molar-refractivity contribution in [2.24, 2.45) is 0 Å². The molecule has 25 heavy (non-hydrogen) atoms. The van der Waals surface area contributed by atoms with Gasteiger partial charge in [-0.05, 0) is 54.3 Å². The van der Waals surface area contributed by atoms with Crippen molar-refractivity contribution in [3.8, 4) is 0 Å². The van der Waals surface area contributed by atoms with Crippen LogP contribution in [0.5, 0.6) is 0 Å². The molecular formula is C21H15F2NO. The quantitative estimate of drug-likeness (QED) is 0.711. The third-order valence-electron chi connectivity index (χ3n) is 4.49. The van der Waals surface area contributed by atoms with Crippen molar-refractivity contribution < 1.29 is 13.6 Å². The first-order valence-electron chi connectivity index (χ1n) is 8.09. The summed E-state index contributed by atoms with van der Waals surface area (Å²) in [5, 5.41) is 2.95. The number of rotatable bonds is 2. The maximum atomic E-state index is 13.8. The summed E-state index contributed by atoms with van der Waals surface area (Å²) >= 11 is 0. The van der Waals surface area contributed by atoms with E-state index in [0.717, 1.165) is 35.6 Å². The Morgan fingerprint density at radius 2 is 1.56 bits per heavy atom. The van der Waals surface area contributed by atoms with Gasteiger partial charge in [0.05, 0.1) is 5.69 Å². The molecule has 2 nitrogen and oxygen atoms in total. The van der Waals surface area contributed by atoms with E-state index in [1.807, 2.05) is 30.3 Å². The number of halogens is 2. The van der Waals surface area contributed by atoms with Crippen LogP contribution in [0, 0.1) is 11.6 Å². The van der Waals surface area contributed by atoms with Gasteiger partial charge in [0.25, 0.3) is 0 Å². The number of fused-ring (bicyclic) bond motifs is 2. The van der Waals surface area contributed by atoms with Crippen molar-refractivity contribution in [2.45, 2.75) is 12.8 Å². The molecule has 1 aliphatic carbocycles. The van der Waals surface area contributed by atoms with Crippen LogP contribution in [-0.2, 0) is 12.8 Å². The van der Waals surface area contributed by atoms with Crippen LogP contribution in [0.1, 0.15) is 27.0 Å². The molecule has 0 radical (unpaired) electrons. The fraction of sp³-hybridized carbons (Fsp3) is 0.0952. The first-order valence-corrected chi connectivity index (χ1v) is 8.09. The van der Waals surface area contributed by atoms with E-state index in [0.29, 0.717) is 11.3 Å². The fourth-order valence-electron chi connectivity index (χ4n) is 3.22. The molecule has 0 heterocycles. The van der Waals surface area contributed by atoms with Gasteiger partial charge in [-0.2, -0.15) is 0 Å². The largest absolute Gasteiger partial charge is 0.353 e. The number of hydrogen-bond donors (Lipinski definition) is 1. The molecule has 0 amide bonds. The number of anilines is 2. The zero-order valence-electron chi connectivity index (χ0n) is 13.4. The van der Waals surface area contributed by atoms with Crippen LogP contribution in [-0.4, -0.2) is 5.78 Å². The molecule has 124 valence electrons. The van der Waals surface area contributed by atoms with Crippen molar-refractivity contribution in [1.82, 2.24) is 0 Å². The van der Waals surface area contributed by atoms with Gasteiger partial charge in [-0.3, -0.25) is 4.79 Å². The second kappa shape index (κ2) is 6.13. The molecule has 3 aromatic carbocycles. The molecule has 0 atom stereocenters. The molecular weight excluding hydrogens is 320 g/mol. The summed E-state index contributed by atoms with van der Waals surface area (Å²) in [6.07, 6.45) is 1.52. The molecule has 3 aromatic rings. The predicted octanol–water partition coefficient (Wildman–Crippen LogP) is 5.04. The summed E-state index contributed by atoms with van der Waals surface area (Å²) in [5.41, 5.74) is 4.26. The van der Waals surface area contributed by atoms with Gasteiger partial charge < -0.3 is 5.32 Å². The lowest BCUT2D eigenvalue weighted by Crippen LogP contribution is -2.04. The maximum absolute atomic E-state index is 13.8. The topological polar surface area (TPSA) is 29.1 Å². The Labute approximate surface area is 144 Å². The first-order chi connectivity index (χ1) is 12.1. The van der Waals surface area contributed by atoms with Crippen LogP contribution in [0.2, 0.25) is 0 Å². The van der Waals surface area contributed by atoms with E-state index in [1.54, 1.807) is 12.1 Å². The number of ketones is 1. The molecule has 0 aromatic heterocycles. The molecule has 4 rings (SSSR count). The van der Waals surface area contributed by atoms with E-state index in [1.165, 1.54) is 12.1 Å². The van der Waals surface area contributed by atoms with Crippen molar-refractivity contribution in [1.29, 1.82) is 0 Å². The van der Waals surface area contributed by atoms with Gasteiger partial charge in [-0.15, -0.1) is 0 Å². The normalized spacial score (nSPS) is 13.0. The van der Waals surface area contributed by atoms with E-state index in [4.69, 9.17) is 0 Å². The summed E-state index contributed by atoms with van der Waals surface area (Å²) in [7, 11) is 0. The van der Waals surface area contributed by atoms with Crippen LogP contribution in [0.25, 0.3) is 0 Å². The highest BCUT2D eigenvalue weighted by atomic mass is 19.1. The molecule has 1 N–H and O–H groups in total. The Hall–Kier alpha value is -3.01. The molecule has 1 aliphatic rings. The van der Waals surface area contributed by atoms with Crippen LogP contribution >= 0.6 is 0 Å². The number of nitrogens with one attached hydrogen (secondary N) is 1. The standard InChI is InChI=1S/C21H15F2NO/c22-15-7-10-20(19(23)12-15)24-16-8-9-18-14(11-16)6-5-13-3-1-2-4-17(13)21(18)25/h1-4,7-12,24H,5-6H2. The second-order valence-corrected chi connectivity index (χ2v) is 6.11. The molecule has 0 bridgehead atoms. The summed E-state index contributed by atoms with van der Waals surface area (Å²) in [5.74, 6) is -1.26. The number of benzene rings is 3. The molecule has 0 saturated carbocycles. The smallest absolute Gasteiger partial charge is 0.193 e. The average Bonchev–Trinajstić information content (AvgIpc) is 2.75. The predicted molar refractivity (Wildman–Crippen MR) is 93.4 cm³/mol.